The second kappa shape index (κ2) is 8.58. The number of pyridine rings is 1. The topological polar surface area (TPSA) is 81.8 Å². The van der Waals surface area contributed by atoms with Gasteiger partial charge in [-0.25, -0.2) is 9.98 Å². The van der Waals surface area contributed by atoms with E-state index < -0.39 is 0 Å². The van der Waals surface area contributed by atoms with E-state index in [-0.39, 0.29) is 6.10 Å². The molecule has 2 rings (SSSR count). The number of aromatic nitrogens is 1. The van der Waals surface area contributed by atoms with Crippen molar-refractivity contribution >= 4 is 5.96 Å². The summed E-state index contributed by atoms with van der Waals surface area (Å²) in [6.07, 6.45) is 3.83. The molecule has 2 heterocycles. The number of ether oxygens (including phenoxy) is 2. The van der Waals surface area contributed by atoms with Gasteiger partial charge in [-0.1, -0.05) is 13.8 Å². The summed E-state index contributed by atoms with van der Waals surface area (Å²) in [6.45, 7) is 7.12. The van der Waals surface area contributed by atoms with Crippen LogP contribution < -0.4 is 15.8 Å². The Bertz CT molecular complexity index is 485. The molecule has 0 radical (unpaired) electrons. The van der Waals surface area contributed by atoms with Gasteiger partial charge in [-0.05, 0) is 24.0 Å². The molecule has 0 spiro atoms. The normalized spacial score (nSPS) is 18.7. The maximum absolute atomic E-state index is 5.85. The van der Waals surface area contributed by atoms with Gasteiger partial charge < -0.3 is 20.5 Å². The van der Waals surface area contributed by atoms with Crippen LogP contribution in [-0.4, -0.2) is 36.8 Å². The minimum Gasteiger partial charge on any atom is -0.472 e. The SMILES string of the molecule is CC(C)CCNC(N)=NCc1ccnc(OC2CCOC2)c1. The summed E-state index contributed by atoms with van der Waals surface area (Å²) in [5.41, 5.74) is 6.88. The van der Waals surface area contributed by atoms with Gasteiger partial charge in [0, 0.05) is 25.2 Å². The summed E-state index contributed by atoms with van der Waals surface area (Å²) in [5, 5.41) is 3.12. The maximum atomic E-state index is 5.85. The van der Waals surface area contributed by atoms with Gasteiger partial charge in [0.2, 0.25) is 5.88 Å². The van der Waals surface area contributed by atoms with E-state index >= 15 is 0 Å². The predicted octanol–water partition coefficient (Wildman–Crippen LogP) is 1.70. The molecule has 1 saturated heterocycles. The summed E-state index contributed by atoms with van der Waals surface area (Å²) < 4.78 is 11.1. The molecule has 22 heavy (non-hydrogen) atoms. The Morgan fingerprint density at radius 2 is 2.45 bits per heavy atom. The van der Waals surface area contributed by atoms with Crippen LogP contribution in [0.4, 0.5) is 0 Å². The molecule has 0 aromatic carbocycles. The lowest BCUT2D eigenvalue weighted by molar-refractivity contribution is 0.138. The molecule has 0 aliphatic carbocycles. The molecule has 6 nitrogen and oxygen atoms in total. The molecule has 0 amide bonds. The summed E-state index contributed by atoms with van der Waals surface area (Å²) in [4.78, 5) is 8.57. The summed E-state index contributed by atoms with van der Waals surface area (Å²) >= 11 is 0. The number of hydrogen-bond donors (Lipinski definition) is 2. The van der Waals surface area contributed by atoms with Crippen molar-refractivity contribution in [3.8, 4) is 5.88 Å². The average Bonchev–Trinajstić information content (AvgIpc) is 2.98. The van der Waals surface area contributed by atoms with E-state index in [0.29, 0.717) is 30.9 Å². The van der Waals surface area contributed by atoms with Crippen molar-refractivity contribution in [2.24, 2.45) is 16.6 Å². The second-order valence-corrected chi connectivity index (χ2v) is 5.92. The van der Waals surface area contributed by atoms with Crippen molar-refractivity contribution < 1.29 is 9.47 Å². The Morgan fingerprint density at radius 3 is 3.18 bits per heavy atom. The molecule has 1 aliphatic heterocycles. The summed E-state index contributed by atoms with van der Waals surface area (Å²) in [5.74, 6) is 1.75. The molecule has 122 valence electrons. The highest BCUT2D eigenvalue weighted by Gasteiger charge is 2.17. The molecular formula is C16H26N4O2. The number of hydrogen-bond acceptors (Lipinski definition) is 4. The van der Waals surface area contributed by atoms with E-state index in [2.05, 4.69) is 29.1 Å². The van der Waals surface area contributed by atoms with Crippen LogP contribution in [-0.2, 0) is 11.3 Å². The maximum Gasteiger partial charge on any atom is 0.213 e. The van der Waals surface area contributed by atoms with Crippen molar-refractivity contribution in [3.05, 3.63) is 23.9 Å². The van der Waals surface area contributed by atoms with Crippen LogP contribution in [0, 0.1) is 5.92 Å². The third-order valence-corrected chi connectivity index (χ3v) is 3.43. The van der Waals surface area contributed by atoms with Gasteiger partial charge in [0.1, 0.15) is 6.10 Å². The van der Waals surface area contributed by atoms with Crippen molar-refractivity contribution in [2.75, 3.05) is 19.8 Å². The number of guanidine groups is 1. The van der Waals surface area contributed by atoms with Crippen molar-refractivity contribution in [2.45, 2.75) is 39.3 Å². The predicted molar refractivity (Wildman–Crippen MR) is 86.9 cm³/mol. The number of nitrogens with one attached hydrogen (secondary N) is 1. The minimum atomic E-state index is 0.106. The molecule has 3 N–H and O–H groups in total. The molecule has 0 saturated carbocycles. The molecule has 1 aromatic rings. The lowest BCUT2D eigenvalue weighted by atomic mass is 10.1. The lowest BCUT2D eigenvalue weighted by Crippen LogP contribution is -2.32. The fraction of sp³-hybridized carbons (Fsp3) is 0.625. The lowest BCUT2D eigenvalue weighted by Gasteiger charge is -2.11. The molecule has 1 atom stereocenters. The van der Waals surface area contributed by atoms with Gasteiger partial charge in [-0.3, -0.25) is 0 Å². The monoisotopic (exact) mass is 306 g/mol. The standard InChI is InChI=1S/C16H26N4O2/c1-12(2)3-6-19-16(17)20-10-13-4-7-18-15(9-13)22-14-5-8-21-11-14/h4,7,9,12,14H,3,5-6,8,10-11H2,1-2H3,(H3,17,19,20). The van der Waals surface area contributed by atoms with E-state index in [4.69, 9.17) is 15.2 Å². The average molecular weight is 306 g/mol. The zero-order valence-electron chi connectivity index (χ0n) is 13.4. The van der Waals surface area contributed by atoms with Gasteiger partial charge in [-0.15, -0.1) is 0 Å². The largest absolute Gasteiger partial charge is 0.472 e. The fourth-order valence-corrected chi connectivity index (χ4v) is 2.11. The van der Waals surface area contributed by atoms with E-state index in [1.54, 1.807) is 6.20 Å². The zero-order chi connectivity index (χ0) is 15.8. The number of rotatable bonds is 7. The van der Waals surface area contributed by atoms with Crippen molar-refractivity contribution in [3.63, 3.8) is 0 Å². The highest BCUT2D eigenvalue weighted by Crippen LogP contribution is 2.16. The van der Waals surface area contributed by atoms with Crippen LogP contribution in [0.25, 0.3) is 0 Å². The van der Waals surface area contributed by atoms with Crippen LogP contribution in [0.15, 0.2) is 23.3 Å². The molecule has 1 aromatic heterocycles. The quantitative estimate of drug-likeness (QED) is 0.592. The van der Waals surface area contributed by atoms with Crippen LogP contribution >= 0.6 is 0 Å². The minimum absolute atomic E-state index is 0.106. The Hall–Kier alpha value is -1.82. The first-order chi connectivity index (χ1) is 10.6. The molecule has 1 fully saturated rings. The van der Waals surface area contributed by atoms with Gasteiger partial charge in [0.05, 0.1) is 19.8 Å². The highest BCUT2D eigenvalue weighted by atomic mass is 16.5. The van der Waals surface area contributed by atoms with Gasteiger partial charge in [0.15, 0.2) is 5.96 Å². The summed E-state index contributed by atoms with van der Waals surface area (Å²) in [6, 6.07) is 3.83. The number of nitrogens with zero attached hydrogens (tertiary/aromatic N) is 2. The second-order valence-electron chi connectivity index (χ2n) is 5.92. The number of nitrogens with two attached hydrogens (primary N) is 1. The Balaban J connectivity index is 1.81. The van der Waals surface area contributed by atoms with Crippen molar-refractivity contribution in [1.82, 2.24) is 10.3 Å². The van der Waals surface area contributed by atoms with E-state index in [1.165, 1.54) is 0 Å². The van der Waals surface area contributed by atoms with E-state index in [9.17, 15) is 0 Å². The Morgan fingerprint density at radius 1 is 1.59 bits per heavy atom. The summed E-state index contributed by atoms with van der Waals surface area (Å²) in [7, 11) is 0. The first-order valence-corrected chi connectivity index (χ1v) is 7.86. The third kappa shape index (κ3) is 5.89. The van der Waals surface area contributed by atoms with Crippen LogP contribution in [0.2, 0.25) is 0 Å². The molecule has 6 heteroatoms. The zero-order valence-corrected chi connectivity index (χ0v) is 13.4. The fourth-order valence-electron chi connectivity index (χ4n) is 2.11. The highest BCUT2D eigenvalue weighted by molar-refractivity contribution is 5.77. The van der Waals surface area contributed by atoms with Crippen molar-refractivity contribution in [1.29, 1.82) is 0 Å². The smallest absolute Gasteiger partial charge is 0.213 e. The van der Waals surface area contributed by atoms with Crippen LogP contribution in [0.1, 0.15) is 32.3 Å². The van der Waals surface area contributed by atoms with Crippen LogP contribution in [0.5, 0.6) is 5.88 Å². The number of aliphatic imine (C=N–C) groups is 1. The van der Waals surface area contributed by atoms with E-state index in [0.717, 1.165) is 31.6 Å². The Kier molecular flexibility index (Phi) is 6.45. The Labute approximate surface area is 132 Å². The van der Waals surface area contributed by atoms with Crippen LogP contribution in [0.3, 0.4) is 0 Å². The van der Waals surface area contributed by atoms with Gasteiger partial charge in [0.25, 0.3) is 0 Å². The van der Waals surface area contributed by atoms with Gasteiger partial charge in [-0.2, -0.15) is 0 Å². The van der Waals surface area contributed by atoms with Gasteiger partial charge >= 0.3 is 0 Å². The third-order valence-electron chi connectivity index (χ3n) is 3.43. The first kappa shape index (κ1) is 16.5. The van der Waals surface area contributed by atoms with E-state index in [1.807, 2.05) is 12.1 Å². The molecule has 1 unspecified atom stereocenters. The first-order valence-electron chi connectivity index (χ1n) is 7.86. The molecular weight excluding hydrogens is 280 g/mol. The molecule has 1 aliphatic rings. The molecule has 0 bridgehead atoms.